The molecule has 1 aliphatic rings. The fourth-order valence-electron chi connectivity index (χ4n) is 2.77. The van der Waals surface area contributed by atoms with E-state index in [2.05, 4.69) is 0 Å². The molecule has 7 heteroatoms. The smallest absolute Gasteiger partial charge is 0.396 e. The number of ketones is 1. The van der Waals surface area contributed by atoms with Gasteiger partial charge in [-0.2, -0.15) is 13.2 Å². The van der Waals surface area contributed by atoms with Crippen molar-refractivity contribution >= 4 is 11.8 Å². The van der Waals surface area contributed by atoms with Crippen molar-refractivity contribution in [2.45, 2.75) is 33.1 Å². The van der Waals surface area contributed by atoms with E-state index in [4.69, 9.17) is 4.74 Å². The van der Waals surface area contributed by atoms with Crippen LogP contribution in [0.2, 0.25) is 0 Å². The van der Waals surface area contributed by atoms with Crippen LogP contribution in [0.1, 0.15) is 25.8 Å². The van der Waals surface area contributed by atoms with Crippen LogP contribution in [0.15, 0.2) is 42.2 Å². The lowest BCUT2D eigenvalue weighted by Crippen LogP contribution is -2.15. The second kappa shape index (κ2) is 6.98. The van der Waals surface area contributed by atoms with Gasteiger partial charge in [0.1, 0.15) is 13.0 Å². The first-order chi connectivity index (χ1) is 11.5. The van der Waals surface area contributed by atoms with Gasteiger partial charge in [-0.15, -0.1) is 0 Å². The maximum atomic E-state index is 13.7. The summed E-state index contributed by atoms with van der Waals surface area (Å²) < 4.78 is 55.3. The Balaban J connectivity index is 1.97. The molecule has 1 aromatic carbocycles. The molecule has 0 aliphatic heterocycles. The van der Waals surface area contributed by atoms with Gasteiger partial charge in [-0.3, -0.25) is 9.59 Å². The third-order valence-electron chi connectivity index (χ3n) is 4.34. The molecule has 0 unspecified atom stereocenters. The highest BCUT2D eigenvalue weighted by atomic mass is 19.4. The largest absolute Gasteiger partial charge is 0.461 e. The Morgan fingerprint density at radius 1 is 1.20 bits per heavy atom. The number of benzene rings is 1. The third kappa shape index (κ3) is 4.90. The number of allylic oxidation sites excluding steroid dienone is 2. The summed E-state index contributed by atoms with van der Waals surface area (Å²) >= 11 is 0. The van der Waals surface area contributed by atoms with Crippen LogP contribution in [-0.4, -0.2) is 17.9 Å². The predicted octanol–water partition coefficient (Wildman–Crippen LogP) is 4.38. The number of carbonyl (C=O) groups is 2. The second-order valence-corrected chi connectivity index (χ2v) is 6.65. The first kappa shape index (κ1) is 19.1. The quantitative estimate of drug-likeness (QED) is 0.431. The number of alkyl halides is 3. The molecule has 0 saturated heterocycles. The molecule has 0 amide bonds. The van der Waals surface area contributed by atoms with Gasteiger partial charge in [-0.05, 0) is 23.0 Å². The molecule has 0 heterocycles. The van der Waals surface area contributed by atoms with Gasteiger partial charge in [0.25, 0.3) is 0 Å². The first-order valence-electron chi connectivity index (χ1n) is 7.70. The number of halogens is 4. The SMILES string of the molecule is CC1(C)[C@H](C(=O)OCc2ccccc2)[C@@H]1C=C(F)C(=O)CC(F)(F)F. The van der Waals surface area contributed by atoms with E-state index in [0.29, 0.717) is 0 Å². The van der Waals surface area contributed by atoms with Gasteiger partial charge in [-0.25, -0.2) is 4.39 Å². The summed E-state index contributed by atoms with van der Waals surface area (Å²) in [5, 5.41) is 0. The summed E-state index contributed by atoms with van der Waals surface area (Å²) in [5.74, 6) is -5.03. The summed E-state index contributed by atoms with van der Waals surface area (Å²) in [7, 11) is 0. The molecule has 0 bridgehead atoms. The van der Waals surface area contributed by atoms with E-state index in [0.717, 1.165) is 11.6 Å². The van der Waals surface area contributed by atoms with Gasteiger partial charge < -0.3 is 4.74 Å². The predicted molar refractivity (Wildman–Crippen MR) is 81.9 cm³/mol. The molecule has 2 atom stereocenters. The summed E-state index contributed by atoms with van der Waals surface area (Å²) in [5.41, 5.74) is 0.108. The molecule has 0 N–H and O–H groups in total. The Hall–Kier alpha value is -2.18. The molecule has 1 aromatic rings. The molecular weight excluding hydrogens is 340 g/mol. The zero-order valence-corrected chi connectivity index (χ0v) is 13.8. The van der Waals surface area contributed by atoms with E-state index in [9.17, 15) is 27.2 Å². The number of ether oxygens (including phenoxy) is 1. The van der Waals surface area contributed by atoms with E-state index in [1.54, 1.807) is 38.1 Å². The summed E-state index contributed by atoms with van der Waals surface area (Å²) in [6, 6.07) is 8.95. The average Bonchev–Trinajstić information content (AvgIpc) is 3.05. The first-order valence-corrected chi connectivity index (χ1v) is 7.70. The monoisotopic (exact) mass is 358 g/mol. The van der Waals surface area contributed by atoms with E-state index >= 15 is 0 Å². The van der Waals surface area contributed by atoms with Gasteiger partial charge in [0.15, 0.2) is 11.6 Å². The van der Waals surface area contributed by atoms with Crippen molar-refractivity contribution in [1.29, 1.82) is 0 Å². The molecule has 0 spiro atoms. The third-order valence-corrected chi connectivity index (χ3v) is 4.34. The summed E-state index contributed by atoms with van der Waals surface area (Å²) in [6.45, 7) is 3.40. The van der Waals surface area contributed by atoms with E-state index in [1.807, 2.05) is 6.07 Å². The van der Waals surface area contributed by atoms with Crippen molar-refractivity contribution in [3.8, 4) is 0 Å². The highest BCUT2D eigenvalue weighted by Crippen LogP contribution is 2.60. The maximum Gasteiger partial charge on any atom is 0.396 e. The molecule has 0 radical (unpaired) electrons. The maximum absolute atomic E-state index is 13.7. The zero-order chi connectivity index (χ0) is 18.8. The lowest BCUT2D eigenvalue weighted by atomic mass is 10.1. The van der Waals surface area contributed by atoms with Crippen molar-refractivity contribution < 1.29 is 31.9 Å². The van der Waals surface area contributed by atoms with Gasteiger partial charge >= 0.3 is 12.1 Å². The van der Waals surface area contributed by atoms with Gasteiger partial charge in [0.05, 0.1) is 5.92 Å². The van der Waals surface area contributed by atoms with Crippen molar-refractivity contribution in [2.24, 2.45) is 17.3 Å². The van der Waals surface area contributed by atoms with Crippen molar-refractivity contribution in [1.82, 2.24) is 0 Å². The van der Waals surface area contributed by atoms with E-state index < -0.39 is 47.4 Å². The van der Waals surface area contributed by atoms with Crippen molar-refractivity contribution in [3.05, 3.63) is 47.8 Å². The summed E-state index contributed by atoms with van der Waals surface area (Å²) in [4.78, 5) is 23.4. The van der Waals surface area contributed by atoms with E-state index in [1.165, 1.54) is 0 Å². The summed E-state index contributed by atoms with van der Waals surface area (Å²) in [6.07, 6.45) is -5.82. The standard InChI is InChI=1S/C18H18F4O3/c1-17(2)12(8-13(19)14(23)9-18(20,21)22)15(17)16(24)25-10-11-6-4-3-5-7-11/h3-8,12,15H,9-10H2,1-2H3/t12-,15-/m0/s1. The molecule has 3 nitrogen and oxygen atoms in total. The van der Waals surface area contributed by atoms with Gasteiger partial charge in [0.2, 0.25) is 0 Å². The molecule has 1 aliphatic carbocycles. The molecular formula is C18H18F4O3. The number of esters is 1. The van der Waals surface area contributed by atoms with Crippen LogP contribution in [0.5, 0.6) is 0 Å². The number of rotatable bonds is 6. The number of carbonyl (C=O) groups excluding carboxylic acids is 2. The highest BCUT2D eigenvalue weighted by molar-refractivity contribution is 5.94. The number of hydrogen-bond donors (Lipinski definition) is 0. The van der Waals surface area contributed by atoms with Crippen LogP contribution in [0, 0.1) is 17.3 Å². The van der Waals surface area contributed by atoms with Gasteiger partial charge in [0, 0.05) is 0 Å². The van der Waals surface area contributed by atoms with Crippen LogP contribution in [0.3, 0.4) is 0 Å². The highest BCUT2D eigenvalue weighted by Gasteiger charge is 2.62. The Morgan fingerprint density at radius 2 is 1.80 bits per heavy atom. The Kier molecular flexibility index (Phi) is 5.34. The fraction of sp³-hybridized carbons (Fsp3) is 0.444. The van der Waals surface area contributed by atoms with Crippen LogP contribution in [0.25, 0.3) is 0 Å². The Morgan fingerprint density at radius 3 is 2.36 bits per heavy atom. The molecule has 2 rings (SSSR count). The van der Waals surface area contributed by atoms with Crippen LogP contribution >= 0.6 is 0 Å². The fourth-order valence-corrected chi connectivity index (χ4v) is 2.77. The number of Topliss-reactive ketones (excluding diaryl/α,β-unsaturated/α-hetero) is 1. The normalized spacial score (nSPS) is 22.4. The second-order valence-electron chi connectivity index (χ2n) is 6.65. The topological polar surface area (TPSA) is 43.4 Å². The van der Waals surface area contributed by atoms with Crippen LogP contribution < -0.4 is 0 Å². The number of hydrogen-bond acceptors (Lipinski definition) is 3. The molecule has 0 aromatic heterocycles. The lowest BCUT2D eigenvalue weighted by Gasteiger charge is -2.05. The molecule has 1 fully saturated rings. The van der Waals surface area contributed by atoms with Crippen molar-refractivity contribution in [2.75, 3.05) is 0 Å². The molecule has 1 saturated carbocycles. The minimum absolute atomic E-state index is 0.0537. The minimum Gasteiger partial charge on any atom is -0.461 e. The van der Waals surface area contributed by atoms with Gasteiger partial charge in [-0.1, -0.05) is 44.2 Å². The zero-order valence-electron chi connectivity index (χ0n) is 13.8. The van der Waals surface area contributed by atoms with Crippen LogP contribution in [0.4, 0.5) is 17.6 Å². The van der Waals surface area contributed by atoms with Crippen LogP contribution in [-0.2, 0) is 20.9 Å². The lowest BCUT2D eigenvalue weighted by molar-refractivity contribution is -0.151. The van der Waals surface area contributed by atoms with E-state index in [-0.39, 0.29) is 6.61 Å². The molecule has 136 valence electrons. The average molecular weight is 358 g/mol. The minimum atomic E-state index is -4.77. The Bertz CT molecular complexity index is 677. The molecule has 25 heavy (non-hydrogen) atoms. The van der Waals surface area contributed by atoms with Crippen molar-refractivity contribution in [3.63, 3.8) is 0 Å². The Labute approximate surface area is 142 Å².